The first-order valence-electron chi connectivity index (χ1n) is 5.63. The lowest BCUT2D eigenvalue weighted by Gasteiger charge is -2.31. The van der Waals surface area contributed by atoms with Gasteiger partial charge in [-0.1, -0.05) is 30.3 Å². The molecule has 1 aromatic rings. The van der Waals surface area contributed by atoms with Crippen molar-refractivity contribution in [2.45, 2.75) is 24.9 Å². The van der Waals surface area contributed by atoms with Crippen molar-refractivity contribution < 1.29 is 0 Å². The van der Waals surface area contributed by atoms with Crippen LogP contribution in [-0.2, 0) is 6.54 Å². The fourth-order valence-electron chi connectivity index (χ4n) is 1.92. The molecule has 0 atom stereocenters. The van der Waals surface area contributed by atoms with Crippen LogP contribution in [0.15, 0.2) is 30.3 Å². The summed E-state index contributed by atoms with van der Waals surface area (Å²) >= 11 is 1.94. The molecule has 1 aromatic carbocycles. The van der Waals surface area contributed by atoms with Crippen LogP contribution in [0.3, 0.4) is 0 Å². The molecule has 1 saturated heterocycles. The van der Waals surface area contributed by atoms with Crippen molar-refractivity contribution >= 4 is 11.8 Å². The van der Waals surface area contributed by atoms with E-state index < -0.39 is 0 Å². The van der Waals surface area contributed by atoms with Gasteiger partial charge in [0.05, 0.1) is 6.07 Å². The summed E-state index contributed by atoms with van der Waals surface area (Å²) in [7, 11) is 0. The number of rotatable bonds is 3. The molecule has 1 aliphatic heterocycles. The summed E-state index contributed by atoms with van der Waals surface area (Å²) in [5, 5.41) is 12.7. The number of hydrogen-bond donors (Lipinski definition) is 1. The second-order valence-corrected chi connectivity index (χ2v) is 5.37. The van der Waals surface area contributed by atoms with Crippen LogP contribution in [0.1, 0.15) is 18.4 Å². The largest absolute Gasteiger partial charge is 0.295 e. The Balaban J connectivity index is 1.95. The summed E-state index contributed by atoms with van der Waals surface area (Å²) in [5.74, 6) is 2.19. The molecule has 16 heavy (non-hydrogen) atoms. The normalized spacial score (nSPS) is 18.9. The maximum atomic E-state index is 9.30. The fraction of sp³-hybridized carbons (Fsp3) is 0.462. The van der Waals surface area contributed by atoms with E-state index in [1.165, 1.54) is 5.56 Å². The number of benzene rings is 1. The molecule has 0 aromatic heterocycles. The summed E-state index contributed by atoms with van der Waals surface area (Å²) in [6, 6.07) is 12.7. The zero-order chi connectivity index (χ0) is 11.3. The third kappa shape index (κ3) is 2.78. The average molecular weight is 232 g/mol. The minimum absolute atomic E-state index is 0.291. The zero-order valence-electron chi connectivity index (χ0n) is 9.28. The quantitative estimate of drug-likeness (QED) is 0.870. The minimum Gasteiger partial charge on any atom is -0.295 e. The number of nitrogens with one attached hydrogen (secondary N) is 1. The minimum atomic E-state index is -0.291. The smallest absolute Gasteiger partial charge is 0.108 e. The van der Waals surface area contributed by atoms with Crippen molar-refractivity contribution in [3.63, 3.8) is 0 Å². The summed E-state index contributed by atoms with van der Waals surface area (Å²) in [4.78, 5) is 0. The molecule has 1 N–H and O–H groups in total. The molecule has 2 rings (SSSR count). The number of nitriles is 1. The third-order valence-corrected chi connectivity index (χ3v) is 4.02. The van der Waals surface area contributed by atoms with Crippen molar-refractivity contribution in [2.24, 2.45) is 0 Å². The maximum absolute atomic E-state index is 9.30. The molecule has 0 bridgehead atoms. The lowest BCUT2D eigenvalue weighted by molar-refractivity contribution is 0.383. The average Bonchev–Trinajstić information content (AvgIpc) is 2.39. The predicted octanol–water partition coefficient (Wildman–Crippen LogP) is 2.57. The Morgan fingerprint density at radius 3 is 2.56 bits per heavy atom. The Labute approximate surface area is 101 Å². The van der Waals surface area contributed by atoms with E-state index in [4.69, 9.17) is 0 Å². The Bertz CT molecular complexity index is 363. The van der Waals surface area contributed by atoms with Gasteiger partial charge in [-0.15, -0.1) is 0 Å². The molecule has 0 aliphatic carbocycles. The molecule has 0 radical (unpaired) electrons. The van der Waals surface area contributed by atoms with E-state index in [0.717, 1.165) is 30.9 Å². The molecule has 84 valence electrons. The monoisotopic (exact) mass is 232 g/mol. The number of nitrogens with zero attached hydrogens (tertiary/aromatic N) is 1. The standard InChI is InChI=1S/C13H16N2S/c14-11-13(6-8-16-9-7-13)15-10-12-4-2-1-3-5-12/h1-5,15H,6-10H2. The molecule has 0 amide bonds. The molecule has 1 fully saturated rings. The van der Waals surface area contributed by atoms with Gasteiger partial charge in [0.2, 0.25) is 0 Å². The molecule has 0 unspecified atom stereocenters. The van der Waals surface area contributed by atoms with Crippen LogP contribution in [0.5, 0.6) is 0 Å². The van der Waals surface area contributed by atoms with Crippen molar-refractivity contribution in [3.8, 4) is 6.07 Å². The summed E-state index contributed by atoms with van der Waals surface area (Å²) < 4.78 is 0. The molecule has 2 nitrogen and oxygen atoms in total. The lowest BCUT2D eigenvalue weighted by atomic mass is 9.94. The number of hydrogen-bond acceptors (Lipinski definition) is 3. The van der Waals surface area contributed by atoms with Gasteiger partial charge < -0.3 is 0 Å². The van der Waals surface area contributed by atoms with E-state index in [1.54, 1.807) is 0 Å². The van der Waals surface area contributed by atoms with Gasteiger partial charge in [0.15, 0.2) is 0 Å². The highest BCUT2D eigenvalue weighted by Crippen LogP contribution is 2.26. The lowest BCUT2D eigenvalue weighted by Crippen LogP contribution is -2.46. The second kappa shape index (κ2) is 5.38. The maximum Gasteiger partial charge on any atom is 0.108 e. The van der Waals surface area contributed by atoms with E-state index in [-0.39, 0.29) is 5.54 Å². The van der Waals surface area contributed by atoms with Crippen LogP contribution in [0.4, 0.5) is 0 Å². The predicted molar refractivity (Wildman–Crippen MR) is 68.2 cm³/mol. The van der Waals surface area contributed by atoms with Gasteiger partial charge in [-0.2, -0.15) is 17.0 Å². The van der Waals surface area contributed by atoms with Crippen molar-refractivity contribution in [1.29, 1.82) is 5.26 Å². The van der Waals surface area contributed by atoms with Gasteiger partial charge in [-0.25, -0.2) is 0 Å². The van der Waals surface area contributed by atoms with E-state index in [1.807, 2.05) is 30.0 Å². The highest BCUT2D eigenvalue weighted by molar-refractivity contribution is 7.99. The van der Waals surface area contributed by atoms with E-state index in [9.17, 15) is 5.26 Å². The van der Waals surface area contributed by atoms with Gasteiger partial charge in [0, 0.05) is 6.54 Å². The molecular weight excluding hydrogens is 216 g/mol. The van der Waals surface area contributed by atoms with Crippen LogP contribution >= 0.6 is 11.8 Å². The van der Waals surface area contributed by atoms with Crippen molar-refractivity contribution in [2.75, 3.05) is 11.5 Å². The molecule has 0 saturated carbocycles. The Hall–Kier alpha value is -0.980. The van der Waals surface area contributed by atoms with Crippen LogP contribution in [0.25, 0.3) is 0 Å². The topological polar surface area (TPSA) is 35.8 Å². The van der Waals surface area contributed by atoms with Gasteiger partial charge in [-0.3, -0.25) is 5.32 Å². The van der Waals surface area contributed by atoms with E-state index >= 15 is 0 Å². The first-order chi connectivity index (χ1) is 7.85. The van der Waals surface area contributed by atoms with Gasteiger partial charge in [0.1, 0.15) is 5.54 Å². The number of thioether (sulfide) groups is 1. The molecule has 1 heterocycles. The van der Waals surface area contributed by atoms with Crippen LogP contribution in [0, 0.1) is 11.3 Å². The Morgan fingerprint density at radius 2 is 1.94 bits per heavy atom. The highest BCUT2D eigenvalue weighted by Gasteiger charge is 2.31. The highest BCUT2D eigenvalue weighted by atomic mass is 32.2. The third-order valence-electron chi connectivity index (χ3n) is 3.03. The fourth-order valence-corrected chi connectivity index (χ4v) is 3.10. The summed E-state index contributed by atoms with van der Waals surface area (Å²) in [6.45, 7) is 0.791. The Kier molecular flexibility index (Phi) is 3.87. The summed E-state index contributed by atoms with van der Waals surface area (Å²) in [5.41, 5.74) is 0.955. The van der Waals surface area contributed by atoms with Gasteiger partial charge in [-0.05, 0) is 29.9 Å². The van der Waals surface area contributed by atoms with Crippen LogP contribution in [-0.4, -0.2) is 17.0 Å². The Morgan fingerprint density at radius 1 is 1.25 bits per heavy atom. The first kappa shape index (κ1) is 11.5. The van der Waals surface area contributed by atoms with E-state index in [2.05, 4.69) is 23.5 Å². The molecule has 1 aliphatic rings. The van der Waals surface area contributed by atoms with Gasteiger partial charge >= 0.3 is 0 Å². The SMILES string of the molecule is N#CC1(NCc2ccccc2)CCSCC1. The van der Waals surface area contributed by atoms with Crippen LogP contribution < -0.4 is 5.32 Å². The molecular formula is C13H16N2S. The summed E-state index contributed by atoms with van der Waals surface area (Å²) in [6.07, 6.45) is 1.92. The molecule has 3 heteroatoms. The van der Waals surface area contributed by atoms with Crippen LogP contribution in [0.2, 0.25) is 0 Å². The first-order valence-corrected chi connectivity index (χ1v) is 6.78. The zero-order valence-corrected chi connectivity index (χ0v) is 10.1. The van der Waals surface area contributed by atoms with E-state index in [0.29, 0.717) is 0 Å². The molecule has 0 spiro atoms. The van der Waals surface area contributed by atoms with Gasteiger partial charge in [0.25, 0.3) is 0 Å². The van der Waals surface area contributed by atoms with Crippen molar-refractivity contribution in [1.82, 2.24) is 5.32 Å². The second-order valence-electron chi connectivity index (χ2n) is 4.15. The van der Waals surface area contributed by atoms with Crippen molar-refractivity contribution in [3.05, 3.63) is 35.9 Å².